The number of rotatable bonds is 17. The molecule has 1 fully saturated rings. The molecule has 0 bridgehead atoms. The van der Waals surface area contributed by atoms with Crippen LogP contribution in [0.25, 0.3) is 5.52 Å². The highest BCUT2D eigenvalue weighted by molar-refractivity contribution is 5.88. The zero-order valence-electron chi connectivity index (χ0n) is 34.0. The summed E-state index contributed by atoms with van der Waals surface area (Å²) in [4.78, 5) is 62.2. The quantitative estimate of drug-likeness (QED) is 0.145. The molecule has 0 spiro atoms. The monoisotopic (exact) mass is 762 g/mol. The van der Waals surface area contributed by atoms with E-state index in [0.717, 1.165) is 16.9 Å². The van der Waals surface area contributed by atoms with Gasteiger partial charge in [0.05, 0.1) is 37.5 Å². The largest absolute Gasteiger partial charge is 0.453 e. The number of carbonyl (C=O) groups is 4. The molecule has 3 aromatic rings. The van der Waals surface area contributed by atoms with E-state index in [1.165, 1.54) is 7.11 Å². The van der Waals surface area contributed by atoms with Gasteiger partial charge < -0.3 is 34.7 Å². The number of methoxy groups -OCH3 is 1. The van der Waals surface area contributed by atoms with Crippen LogP contribution in [-0.4, -0.2) is 111 Å². The molecule has 5 unspecified atom stereocenters. The molecule has 4 rings (SSSR count). The molecular formula is C41H62N8O6. The number of nitrogens with zero attached hydrogens (tertiary/aromatic N) is 5. The number of aliphatic hydroxyl groups excluding tert-OH is 1. The molecule has 14 heteroatoms. The zero-order valence-corrected chi connectivity index (χ0v) is 34.0. The highest BCUT2D eigenvalue weighted by Gasteiger charge is 2.41. The standard InChI is InChI=1S/C41H62N8O6/c1-10-28(2)34(49-23-22-46(39(49)54)27-33-42-25-30-18-14-15-20-48(30)33)36(51)43-31(24-29-16-12-11-13-17-29)32(50)26-47(21-19-40(3,4)5)45-37(52)35(41(6,7)8)44-38(53)55-9/h11-18,20,25,28,31-32,34-35,50H,10,19,21-24,26-27H2,1-9H3,(H,43,51)(H,44,53)(H,45,52). The van der Waals surface area contributed by atoms with E-state index in [2.05, 4.69) is 41.8 Å². The fourth-order valence-corrected chi connectivity index (χ4v) is 6.73. The van der Waals surface area contributed by atoms with Crippen LogP contribution in [0.5, 0.6) is 0 Å². The molecule has 5 amide bonds. The number of hydrazine groups is 1. The van der Waals surface area contributed by atoms with Crippen LogP contribution in [0.3, 0.4) is 0 Å². The van der Waals surface area contributed by atoms with Crippen molar-refractivity contribution in [1.82, 2.24) is 40.3 Å². The van der Waals surface area contributed by atoms with Crippen molar-refractivity contribution in [1.29, 1.82) is 0 Å². The Balaban J connectivity index is 1.57. The molecule has 302 valence electrons. The van der Waals surface area contributed by atoms with Crippen molar-refractivity contribution in [3.63, 3.8) is 0 Å². The lowest BCUT2D eigenvalue weighted by Crippen LogP contribution is -2.60. The Hall–Kier alpha value is -4.69. The van der Waals surface area contributed by atoms with Gasteiger partial charge in [0.25, 0.3) is 5.91 Å². The van der Waals surface area contributed by atoms with Gasteiger partial charge in [0, 0.05) is 32.4 Å². The Morgan fingerprint density at radius 2 is 1.67 bits per heavy atom. The van der Waals surface area contributed by atoms with Crippen LogP contribution < -0.4 is 16.1 Å². The summed E-state index contributed by atoms with van der Waals surface area (Å²) in [7, 11) is 1.24. The summed E-state index contributed by atoms with van der Waals surface area (Å²) in [6, 6.07) is 12.7. The molecule has 0 aliphatic carbocycles. The molecule has 1 aromatic carbocycles. The number of aromatic nitrogens is 2. The van der Waals surface area contributed by atoms with Crippen molar-refractivity contribution in [3.8, 4) is 0 Å². The Morgan fingerprint density at radius 1 is 0.982 bits per heavy atom. The summed E-state index contributed by atoms with van der Waals surface area (Å²) in [6.45, 7) is 17.2. The molecular weight excluding hydrogens is 701 g/mol. The molecule has 0 radical (unpaired) electrons. The second kappa shape index (κ2) is 18.8. The van der Waals surface area contributed by atoms with E-state index in [1.54, 1.807) is 21.0 Å². The van der Waals surface area contributed by atoms with Gasteiger partial charge in [-0.25, -0.2) is 19.6 Å². The Labute approximate surface area is 325 Å². The number of imidazole rings is 1. The number of urea groups is 1. The molecule has 2 aromatic heterocycles. The molecule has 0 saturated carbocycles. The van der Waals surface area contributed by atoms with Gasteiger partial charge in [-0.05, 0) is 47.3 Å². The summed E-state index contributed by atoms with van der Waals surface area (Å²) in [5, 5.41) is 19.4. The number of alkyl carbamates (subject to hydrolysis) is 1. The van der Waals surface area contributed by atoms with Crippen molar-refractivity contribution in [2.45, 2.75) is 105 Å². The lowest BCUT2D eigenvalue weighted by molar-refractivity contribution is -0.132. The van der Waals surface area contributed by atoms with E-state index >= 15 is 0 Å². The normalized spacial score (nSPS) is 16.5. The lowest BCUT2D eigenvalue weighted by Gasteiger charge is -2.36. The second-order valence-corrected chi connectivity index (χ2v) is 16.9. The number of amides is 5. The highest BCUT2D eigenvalue weighted by atomic mass is 16.5. The first-order chi connectivity index (χ1) is 25.9. The topological polar surface area (TPSA) is 161 Å². The van der Waals surface area contributed by atoms with Crippen LogP contribution in [0, 0.1) is 16.7 Å². The van der Waals surface area contributed by atoms with Crippen molar-refractivity contribution < 1.29 is 29.0 Å². The predicted molar refractivity (Wildman–Crippen MR) is 212 cm³/mol. The van der Waals surface area contributed by atoms with Crippen molar-refractivity contribution in [2.75, 3.05) is 33.3 Å². The Bertz CT molecular complexity index is 1740. The van der Waals surface area contributed by atoms with Gasteiger partial charge in [0.2, 0.25) is 5.91 Å². The van der Waals surface area contributed by atoms with Gasteiger partial charge in [-0.1, -0.05) is 98.2 Å². The molecule has 1 aliphatic heterocycles. The van der Waals surface area contributed by atoms with Crippen molar-refractivity contribution in [2.24, 2.45) is 16.7 Å². The van der Waals surface area contributed by atoms with Gasteiger partial charge in [0.1, 0.15) is 17.9 Å². The van der Waals surface area contributed by atoms with E-state index in [9.17, 15) is 24.3 Å². The van der Waals surface area contributed by atoms with Gasteiger partial charge in [0.15, 0.2) is 0 Å². The van der Waals surface area contributed by atoms with Crippen LogP contribution in [0.1, 0.15) is 79.6 Å². The fraction of sp³-hybridized carbons (Fsp3) is 0.585. The third-order valence-corrected chi connectivity index (χ3v) is 10.2. The van der Waals surface area contributed by atoms with Gasteiger partial charge in [-0.15, -0.1) is 0 Å². The number of nitrogens with one attached hydrogen (secondary N) is 3. The minimum absolute atomic E-state index is 0.0165. The van der Waals surface area contributed by atoms with Crippen molar-refractivity contribution >= 4 is 29.5 Å². The van der Waals surface area contributed by atoms with E-state index in [0.29, 0.717) is 45.4 Å². The summed E-state index contributed by atoms with van der Waals surface area (Å²) in [5.41, 5.74) is 4.04. The number of ether oxygens (including phenoxy) is 1. The van der Waals surface area contributed by atoms with Gasteiger partial charge in [-0.2, -0.15) is 0 Å². The number of pyridine rings is 1. The number of aliphatic hydroxyl groups is 1. The molecule has 14 nitrogen and oxygen atoms in total. The van der Waals surface area contributed by atoms with Crippen LogP contribution in [0.2, 0.25) is 0 Å². The first-order valence-corrected chi connectivity index (χ1v) is 19.3. The number of benzene rings is 1. The van der Waals surface area contributed by atoms with Crippen LogP contribution in [-0.2, 0) is 27.3 Å². The molecule has 5 atom stereocenters. The molecule has 55 heavy (non-hydrogen) atoms. The number of hydrogen-bond acceptors (Lipinski definition) is 8. The highest BCUT2D eigenvalue weighted by Crippen LogP contribution is 2.24. The summed E-state index contributed by atoms with van der Waals surface area (Å²) in [6.07, 6.45) is 3.47. The maximum absolute atomic E-state index is 14.4. The van der Waals surface area contributed by atoms with Gasteiger partial charge >= 0.3 is 12.1 Å². The number of carbonyl (C=O) groups excluding carboxylic acids is 4. The van der Waals surface area contributed by atoms with E-state index < -0.39 is 41.6 Å². The number of hydrogen-bond donors (Lipinski definition) is 4. The minimum atomic E-state index is -1.14. The second-order valence-electron chi connectivity index (χ2n) is 16.9. The first-order valence-electron chi connectivity index (χ1n) is 19.3. The fourth-order valence-electron chi connectivity index (χ4n) is 6.73. The zero-order chi connectivity index (χ0) is 40.5. The summed E-state index contributed by atoms with van der Waals surface area (Å²) < 4.78 is 6.74. The number of fused-ring (bicyclic) bond motifs is 1. The SMILES string of the molecule is CCC(C)C(C(=O)NC(Cc1ccccc1)C(O)CN(CCC(C)(C)C)NC(=O)C(NC(=O)OC)C(C)(C)C)N1CCN(Cc2ncc3ccccn23)C1=O. The lowest BCUT2D eigenvalue weighted by atomic mass is 9.86. The maximum Gasteiger partial charge on any atom is 0.407 e. The molecule has 3 heterocycles. The molecule has 4 N–H and O–H groups in total. The Morgan fingerprint density at radius 3 is 2.31 bits per heavy atom. The predicted octanol–water partition coefficient (Wildman–Crippen LogP) is 4.62. The van der Waals surface area contributed by atoms with E-state index in [4.69, 9.17) is 4.74 Å². The van der Waals surface area contributed by atoms with Crippen molar-refractivity contribution in [3.05, 3.63) is 72.3 Å². The summed E-state index contributed by atoms with van der Waals surface area (Å²) in [5.74, 6) is -0.250. The van der Waals surface area contributed by atoms with E-state index in [-0.39, 0.29) is 29.8 Å². The third-order valence-electron chi connectivity index (χ3n) is 10.2. The first kappa shape index (κ1) is 43.0. The average Bonchev–Trinajstić information content (AvgIpc) is 3.71. The minimum Gasteiger partial charge on any atom is -0.453 e. The molecule has 1 saturated heterocycles. The summed E-state index contributed by atoms with van der Waals surface area (Å²) >= 11 is 0. The van der Waals surface area contributed by atoms with Crippen LogP contribution in [0.4, 0.5) is 9.59 Å². The smallest absolute Gasteiger partial charge is 0.407 e. The van der Waals surface area contributed by atoms with Crippen LogP contribution in [0.15, 0.2) is 60.9 Å². The molecule has 1 aliphatic rings. The third kappa shape index (κ3) is 11.9. The average molecular weight is 763 g/mol. The Kier molecular flexibility index (Phi) is 14.7. The van der Waals surface area contributed by atoms with E-state index in [1.807, 2.05) is 93.7 Å². The van der Waals surface area contributed by atoms with Gasteiger partial charge in [-0.3, -0.25) is 15.0 Å². The van der Waals surface area contributed by atoms with Crippen LogP contribution >= 0.6 is 0 Å². The maximum atomic E-state index is 14.4.